The molecule has 102 valence electrons. The molecule has 1 saturated heterocycles. The lowest BCUT2D eigenvalue weighted by atomic mass is 10.1. The van der Waals surface area contributed by atoms with Crippen molar-refractivity contribution in [3.8, 4) is 0 Å². The van der Waals surface area contributed by atoms with Gasteiger partial charge in [0.1, 0.15) is 11.6 Å². The van der Waals surface area contributed by atoms with E-state index in [2.05, 4.69) is 5.32 Å². The molecule has 6 heteroatoms. The van der Waals surface area contributed by atoms with Crippen LogP contribution in [0, 0.1) is 11.6 Å². The standard InChI is InChI=1S/C13H13F2NO3/c14-8-3-4-11(15)10(6-8)12(17)13(18)16-7-9-2-1-5-19-9/h3-4,6,9H,1-2,5,7H2,(H,16,18). The maximum atomic E-state index is 13.3. The fourth-order valence-electron chi connectivity index (χ4n) is 1.89. The average Bonchev–Trinajstić information content (AvgIpc) is 2.91. The molecular formula is C13H13F2NO3. The zero-order valence-corrected chi connectivity index (χ0v) is 10.1. The van der Waals surface area contributed by atoms with E-state index >= 15 is 0 Å². The van der Waals surface area contributed by atoms with Gasteiger partial charge >= 0.3 is 0 Å². The molecule has 1 aromatic rings. The van der Waals surface area contributed by atoms with Crippen molar-refractivity contribution in [2.75, 3.05) is 13.2 Å². The third kappa shape index (κ3) is 3.35. The molecule has 0 saturated carbocycles. The number of benzene rings is 1. The molecule has 1 N–H and O–H groups in total. The Hall–Kier alpha value is -1.82. The number of Topliss-reactive ketones (excluding diaryl/α,β-unsaturated/α-hetero) is 1. The second kappa shape index (κ2) is 5.88. The number of hydrogen-bond acceptors (Lipinski definition) is 3. The van der Waals surface area contributed by atoms with Crippen molar-refractivity contribution in [2.24, 2.45) is 0 Å². The van der Waals surface area contributed by atoms with E-state index in [0.717, 1.165) is 25.0 Å². The number of carbonyl (C=O) groups excluding carboxylic acids is 2. The van der Waals surface area contributed by atoms with Gasteiger partial charge in [0.2, 0.25) is 0 Å². The first-order valence-electron chi connectivity index (χ1n) is 5.97. The molecule has 1 aliphatic heterocycles. The van der Waals surface area contributed by atoms with Crippen molar-refractivity contribution in [1.82, 2.24) is 5.32 Å². The molecule has 2 rings (SSSR count). The summed E-state index contributed by atoms with van der Waals surface area (Å²) in [4.78, 5) is 23.2. The van der Waals surface area contributed by atoms with Crippen LogP contribution in [0.4, 0.5) is 8.78 Å². The van der Waals surface area contributed by atoms with E-state index in [1.807, 2.05) is 0 Å². The SMILES string of the molecule is O=C(NCC1CCCO1)C(=O)c1cc(F)ccc1F. The van der Waals surface area contributed by atoms with Gasteiger partial charge in [-0.2, -0.15) is 0 Å². The molecule has 0 aromatic heterocycles. The molecule has 1 aliphatic rings. The van der Waals surface area contributed by atoms with Gasteiger partial charge in [-0.3, -0.25) is 9.59 Å². The van der Waals surface area contributed by atoms with Gasteiger partial charge in [0, 0.05) is 13.2 Å². The maximum Gasteiger partial charge on any atom is 0.292 e. The Morgan fingerprint density at radius 3 is 2.84 bits per heavy atom. The second-order valence-corrected chi connectivity index (χ2v) is 4.30. The van der Waals surface area contributed by atoms with Crippen LogP contribution in [0.3, 0.4) is 0 Å². The first kappa shape index (κ1) is 13.6. The summed E-state index contributed by atoms with van der Waals surface area (Å²) in [6.07, 6.45) is 1.60. The molecule has 4 nitrogen and oxygen atoms in total. The third-order valence-corrected chi connectivity index (χ3v) is 2.89. The van der Waals surface area contributed by atoms with Gasteiger partial charge in [-0.25, -0.2) is 8.78 Å². The fraction of sp³-hybridized carbons (Fsp3) is 0.385. The van der Waals surface area contributed by atoms with E-state index in [0.29, 0.717) is 12.7 Å². The number of nitrogens with one attached hydrogen (secondary N) is 1. The Morgan fingerprint density at radius 1 is 1.37 bits per heavy atom. The summed E-state index contributed by atoms with van der Waals surface area (Å²) in [5, 5.41) is 2.37. The predicted octanol–water partition coefficient (Wildman–Crippen LogP) is 1.44. The zero-order valence-electron chi connectivity index (χ0n) is 10.1. The lowest BCUT2D eigenvalue weighted by molar-refractivity contribution is -0.117. The van der Waals surface area contributed by atoms with E-state index in [9.17, 15) is 18.4 Å². The minimum atomic E-state index is -1.09. The number of hydrogen-bond donors (Lipinski definition) is 1. The quantitative estimate of drug-likeness (QED) is 0.664. The minimum absolute atomic E-state index is 0.117. The lowest BCUT2D eigenvalue weighted by Crippen LogP contribution is -2.36. The Labute approximate surface area is 108 Å². The average molecular weight is 269 g/mol. The van der Waals surface area contributed by atoms with Crippen LogP contribution in [0.25, 0.3) is 0 Å². The molecule has 1 fully saturated rings. The van der Waals surface area contributed by atoms with Crippen LogP contribution < -0.4 is 5.32 Å². The Morgan fingerprint density at radius 2 is 2.16 bits per heavy atom. The Kier molecular flexibility index (Phi) is 4.21. The van der Waals surface area contributed by atoms with Crippen LogP contribution in [-0.4, -0.2) is 30.9 Å². The largest absolute Gasteiger partial charge is 0.376 e. The van der Waals surface area contributed by atoms with Gasteiger partial charge in [0.25, 0.3) is 11.7 Å². The zero-order chi connectivity index (χ0) is 13.8. The summed E-state index contributed by atoms with van der Waals surface area (Å²) in [6, 6.07) is 2.41. The van der Waals surface area contributed by atoms with E-state index in [-0.39, 0.29) is 12.6 Å². The fourth-order valence-corrected chi connectivity index (χ4v) is 1.89. The Bertz CT molecular complexity index is 499. The highest BCUT2D eigenvalue weighted by molar-refractivity contribution is 6.42. The highest BCUT2D eigenvalue weighted by Gasteiger charge is 2.22. The third-order valence-electron chi connectivity index (χ3n) is 2.89. The first-order chi connectivity index (χ1) is 9.08. The number of ketones is 1. The van der Waals surface area contributed by atoms with Gasteiger partial charge in [-0.1, -0.05) is 0 Å². The number of ether oxygens (including phenoxy) is 1. The smallest absolute Gasteiger partial charge is 0.292 e. The number of amides is 1. The van der Waals surface area contributed by atoms with Gasteiger partial charge in [-0.15, -0.1) is 0 Å². The molecule has 0 radical (unpaired) electrons. The van der Waals surface area contributed by atoms with Crippen LogP contribution in [0.5, 0.6) is 0 Å². The first-order valence-corrected chi connectivity index (χ1v) is 5.97. The molecule has 0 bridgehead atoms. The Balaban J connectivity index is 1.98. The topological polar surface area (TPSA) is 55.4 Å². The summed E-state index contributed by atoms with van der Waals surface area (Å²) in [5.74, 6) is -3.73. The maximum absolute atomic E-state index is 13.3. The molecular weight excluding hydrogens is 256 g/mol. The molecule has 1 atom stereocenters. The molecule has 0 aliphatic carbocycles. The van der Waals surface area contributed by atoms with Crippen molar-refractivity contribution < 1.29 is 23.1 Å². The van der Waals surface area contributed by atoms with Crippen molar-refractivity contribution in [3.63, 3.8) is 0 Å². The van der Waals surface area contributed by atoms with Crippen molar-refractivity contribution in [3.05, 3.63) is 35.4 Å². The van der Waals surface area contributed by atoms with Gasteiger partial charge < -0.3 is 10.1 Å². The molecule has 1 unspecified atom stereocenters. The molecule has 0 spiro atoms. The monoisotopic (exact) mass is 269 g/mol. The van der Waals surface area contributed by atoms with Crippen LogP contribution in [0.2, 0.25) is 0 Å². The van der Waals surface area contributed by atoms with Gasteiger partial charge in [-0.05, 0) is 31.0 Å². The number of carbonyl (C=O) groups is 2. The molecule has 1 aromatic carbocycles. The summed E-state index contributed by atoms with van der Waals surface area (Å²) in [6.45, 7) is 0.828. The highest BCUT2D eigenvalue weighted by Crippen LogP contribution is 2.12. The van der Waals surface area contributed by atoms with Gasteiger partial charge in [0.05, 0.1) is 11.7 Å². The van der Waals surface area contributed by atoms with Crippen LogP contribution in [0.15, 0.2) is 18.2 Å². The summed E-state index contributed by atoms with van der Waals surface area (Å²) in [7, 11) is 0. The second-order valence-electron chi connectivity index (χ2n) is 4.30. The number of rotatable bonds is 4. The summed E-state index contributed by atoms with van der Waals surface area (Å²) >= 11 is 0. The number of halogens is 2. The van der Waals surface area contributed by atoms with Crippen LogP contribution in [-0.2, 0) is 9.53 Å². The minimum Gasteiger partial charge on any atom is -0.376 e. The summed E-state index contributed by atoms with van der Waals surface area (Å²) in [5.41, 5.74) is -0.565. The van der Waals surface area contributed by atoms with E-state index < -0.39 is 28.9 Å². The van der Waals surface area contributed by atoms with E-state index in [4.69, 9.17) is 4.74 Å². The van der Waals surface area contributed by atoms with Crippen molar-refractivity contribution >= 4 is 11.7 Å². The molecule has 1 heterocycles. The predicted molar refractivity (Wildman–Crippen MR) is 62.7 cm³/mol. The van der Waals surface area contributed by atoms with Crippen molar-refractivity contribution in [1.29, 1.82) is 0 Å². The van der Waals surface area contributed by atoms with Gasteiger partial charge in [0.15, 0.2) is 0 Å². The van der Waals surface area contributed by atoms with Crippen molar-refractivity contribution in [2.45, 2.75) is 18.9 Å². The normalized spacial score (nSPS) is 18.3. The van der Waals surface area contributed by atoms with E-state index in [1.54, 1.807) is 0 Å². The molecule has 1 amide bonds. The van der Waals surface area contributed by atoms with Crippen LogP contribution >= 0.6 is 0 Å². The highest BCUT2D eigenvalue weighted by atomic mass is 19.1. The molecule has 19 heavy (non-hydrogen) atoms. The van der Waals surface area contributed by atoms with Crippen LogP contribution in [0.1, 0.15) is 23.2 Å². The lowest BCUT2D eigenvalue weighted by Gasteiger charge is -2.10. The summed E-state index contributed by atoms with van der Waals surface area (Å²) < 4.78 is 31.5. The van der Waals surface area contributed by atoms with E-state index in [1.165, 1.54) is 0 Å².